The van der Waals surface area contributed by atoms with Crippen molar-refractivity contribution in [3.63, 3.8) is 0 Å². The first kappa shape index (κ1) is 13.3. The minimum Gasteiger partial charge on any atom is -0.344 e. The molecule has 1 heterocycles. The van der Waals surface area contributed by atoms with Crippen LogP contribution in [-0.4, -0.2) is 4.98 Å². The molecule has 19 heavy (non-hydrogen) atoms. The third-order valence-electron chi connectivity index (χ3n) is 2.92. The molecular formula is C16H17FN2. The van der Waals surface area contributed by atoms with Crippen molar-refractivity contribution in [2.45, 2.75) is 20.8 Å². The number of hydrogen-bond donors (Lipinski definition) is 1. The van der Waals surface area contributed by atoms with Gasteiger partial charge in [0.05, 0.1) is 0 Å². The van der Waals surface area contributed by atoms with Gasteiger partial charge in [0.25, 0.3) is 0 Å². The lowest BCUT2D eigenvalue weighted by Gasteiger charge is -2.11. The van der Waals surface area contributed by atoms with E-state index in [9.17, 15) is 4.39 Å². The summed E-state index contributed by atoms with van der Waals surface area (Å²) < 4.78 is 13.9. The third-order valence-corrected chi connectivity index (χ3v) is 2.92. The number of pyridine rings is 1. The maximum atomic E-state index is 13.9. The van der Waals surface area contributed by atoms with Gasteiger partial charge >= 0.3 is 0 Å². The summed E-state index contributed by atoms with van der Waals surface area (Å²) in [6.07, 6.45) is 1.68. The van der Waals surface area contributed by atoms with Gasteiger partial charge in [0, 0.05) is 23.0 Å². The maximum Gasteiger partial charge on any atom is 0.132 e. The molecule has 0 unspecified atom stereocenters. The van der Waals surface area contributed by atoms with Gasteiger partial charge in [-0.25, -0.2) is 9.37 Å². The van der Waals surface area contributed by atoms with Crippen molar-refractivity contribution in [3.8, 4) is 11.1 Å². The lowest BCUT2D eigenvalue weighted by atomic mass is 10.0. The molecular weight excluding hydrogens is 239 g/mol. The van der Waals surface area contributed by atoms with E-state index in [1.54, 1.807) is 12.3 Å². The Balaban J connectivity index is 2.48. The molecule has 0 atom stereocenters. The van der Waals surface area contributed by atoms with Gasteiger partial charge in [-0.05, 0) is 44.0 Å². The predicted molar refractivity (Wildman–Crippen MR) is 77.5 cm³/mol. The third kappa shape index (κ3) is 2.81. The Morgan fingerprint density at radius 1 is 1.26 bits per heavy atom. The maximum absolute atomic E-state index is 13.9. The molecule has 0 aliphatic rings. The summed E-state index contributed by atoms with van der Waals surface area (Å²) in [5.74, 6) is 0.534. The molecule has 1 aromatic carbocycles. The molecule has 0 fully saturated rings. The van der Waals surface area contributed by atoms with Crippen LogP contribution in [0.25, 0.3) is 11.1 Å². The highest BCUT2D eigenvalue weighted by molar-refractivity contribution is 5.69. The number of aromatic nitrogens is 1. The van der Waals surface area contributed by atoms with Crippen LogP contribution in [0.15, 0.2) is 42.7 Å². The molecule has 1 aromatic heterocycles. The van der Waals surface area contributed by atoms with E-state index in [1.165, 1.54) is 6.07 Å². The number of hydrogen-bond acceptors (Lipinski definition) is 2. The molecule has 0 aliphatic carbocycles. The fraction of sp³-hybridized carbons (Fsp3) is 0.188. The largest absolute Gasteiger partial charge is 0.344 e. The van der Waals surface area contributed by atoms with Gasteiger partial charge < -0.3 is 5.32 Å². The molecule has 0 spiro atoms. The summed E-state index contributed by atoms with van der Waals surface area (Å²) in [7, 11) is 0. The van der Waals surface area contributed by atoms with Crippen molar-refractivity contribution in [3.05, 3.63) is 59.7 Å². The molecule has 0 saturated heterocycles. The van der Waals surface area contributed by atoms with Crippen LogP contribution in [0.4, 0.5) is 10.2 Å². The summed E-state index contributed by atoms with van der Waals surface area (Å²) >= 11 is 0. The minimum absolute atomic E-state index is 0.221. The van der Waals surface area contributed by atoms with Crippen molar-refractivity contribution in [1.82, 2.24) is 4.98 Å². The second-order valence-corrected chi connectivity index (χ2v) is 4.73. The normalized spacial score (nSPS) is 10.3. The van der Waals surface area contributed by atoms with Crippen LogP contribution in [0, 0.1) is 19.7 Å². The smallest absolute Gasteiger partial charge is 0.132 e. The summed E-state index contributed by atoms with van der Waals surface area (Å²) in [6.45, 7) is 9.50. The number of allylic oxidation sites excluding steroid dienone is 1. The Hall–Kier alpha value is -2.16. The molecule has 2 aromatic rings. The molecule has 0 radical (unpaired) electrons. The van der Waals surface area contributed by atoms with Gasteiger partial charge in [-0.1, -0.05) is 18.7 Å². The van der Waals surface area contributed by atoms with Crippen LogP contribution in [0.2, 0.25) is 0 Å². The molecule has 0 saturated carbocycles. The second kappa shape index (κ2) is 5.22. The molecule has 0 bridgehead atoms. The Bertz CT molecular complexity index is 612. The molecule has 1 N–H and O–H groups in total. The fourth-order valence-corrected chi connectivity index (χ4v) is 2.04. The highest BCUT2D eigenvalue weighted by Gasteiger charge is 2.10. The van der Waals surface area contributed by atoms with Crippen LogP contribution in [0.1, 0.15) is 18.1 Å². The van der Waals surface area contributed by atoms with Crippen molar-refractivity contribution in [2.24, 2.45) is 0 Å². The zero-order valence-corrected chi connectivity index (χ0v) is 11.4. The number of benzene rings is 1. The Labute approximate surface area is 113 Å². The summed E-state index contributed by atoms with van der Waals surface area (Å²) in [4.78, 5) is 4.34. The monoisotopic (exact) mass is 256 g/mol. The van der Waals surface area contributed by atoms with E-state index in [0.29, 0.717) is 5.56 Å². The molecule has 3 heteroatoms. The summed E-state index contributed by atoms with van der Waals surface area (Å²) in [6, 6.07) is 7.01. The summed E-state index contributed by atoms with van der Waals surface area (Å²) in [5.41, 5.74) is 4.09. The number of halogens is 1. The van der Waals surface area contributed by atoms with Crippen LogP contribution >= 0.6 is 0 Å². The quantitative estimate of drug-likeness (QED) is 0.877. The zero-order valence-electron chi connectivity index (χ0n) is 11.4. The van der Waals surface area contributed by atoms with Gasteiger partial charge in [0.1, 0.15) is 11.6 Å². The SMILES string of the molecule is C=C(C)Nc1ncc(-c2c(C)cccc2F)cc1C. The molecule has 0 aliphatic heterocycles. The first-order valence-corrected chi connectivity index (χ1v) is 6.13. The predicted octanol–water partition coefficient (Wildman–Crippen LogP) is 4.45. The number of rotatable bonds is 3. The molecule has 2 nitrogen and oxygen atoms in total. The van der Waals surface area contributed by atoms with E-state index in [2.05, 4.69) is 16.9 Å². The first-order valence-electron chi connectivity index (χ1n) is 6.13. The van der Waals surface area contributed by atoms with Crippen LogP contribution in [-0.2, 0) is 0 Å². The van der Waals surface area contributed by atoms with E-state index < -0.39 is 0 Å². The number of nitrogens with one attached hydrogen (secondary N) is 1. The minimum atomic E-state index is -0.221. The Morgan fingerprint density at radius 2 is 2.00 bits per heavy atom. The standard InChI is InChI=1S/C16H17FN2/c1-10(2)19-16-12(4)8-13(9-18-16)15-11(3)6-5-7-14(15)17/h5-9H,1H2,2-4H3,(H,18,19). The van der Waals surface area contributed by atoms with Crippen LogP contribution in [0.5, 0.6) is 0 Å². The topological polar surface area (TPSA) is 24.9 Å². The van der Waals surface area contributed by atoms with E-state index in [-0.39, 0.29) is 5.82 Å². The van der Waals surface area contributed by atoms with E-state index in [1.807, 2.05) is 32.9 Å². The average Bonchev–Trinajstić information content (AvgIpc) is 2.32. The second-order valence-electron chi connectivity index (χ2n) is 4.73. The van der Waals surface area contributed by atoms with Crippen molar-refractivity contribution in [1.29, 1.82) is 0 Å². The molecule has 2 rings (SSSR count). The van der Waals surface area contributed by atoms with Gasteiger partial charge in [0.2, 0.25) is 0 Å². The van der Waals surface area contributed by atoms with Crippen LogP contribution < -0.4 is 5.32 Å². The van der Waals surface area contributed by atoms with Gasteiger partial charge in [-0.15, -0.1) is 0 Å². The molecule has 98 valence electrons. The number of nitrogens with zero attached hydrogens (tertiary/aromatic N) is 1. The highest BCUT2D eigenvalue weighted by atomic mass is 19.1. The first-order chi connectivity index (χ1) is 8.99. The van der Waals surface area contributed by atoms with E-state index in [4.69, 9.17) is 0 Å². The van der Waals surface area contributed by atoms with E-state index >= 15 is 0 Å². The van der Waals surface area contributed by atoms with Crippen molar-refractivity contribution in [2.75, 3.05) is 5.32 Å². The van der Waals surface area contributed by atoms with Crippen molar-refractivity contribution < 1.29 is 4.39 Å². The van der Waals surface area contributed by atoms with Gasteiger partial charge in [0.15, 0.2) is 0 Å². The fourth-order valence-electron chi connectivity index (χ4n) is 2.04. The molecule has 0 amide bonds. The number of aryl methyl sites for hydroxylation is 2. The van der Waals surface area contributed by atoms with Crippen LogP contribution in [0.3, 0.4) is 0 Å². The Kier molecular flexibility index (Phi) is 3.65. The van der Waals surface area contributed by atoms with Gasteiger partial charge in [-0.2, -0.15) is 0 Å². The lowest BCUT2D eigenvalue weighted by molar-refractivity contribution is 0.630. The van der Waals surface area contributed by atoms with Crippen molar-refractivity contribution >= 4 is 5.82 Å². The summed E-state index contributed by atoms with van der Waals surface area (Å²) in [5, 5.41) is 3.08. The number of anilines is 1. The van der Waals surface area contributed by atoms with Gasteiger partial charge in [-0.3, -0.25) is 0 Å². The Morgan fingerprint density at radius 3 is 2.58 bits per heavy atom. The zero-order chi connectivity index (χ0) is 14.0. The van der Waals surface area contributed by atoms with E-state index in [0.717, 1.165) is 28.2 Å². The lowest BCUT2D eigenvalue weighted by Crippen LogP contribution is -2.00. The average molecular weight is 256 g/mol. The highest BCUT2D eigenvalue weighted by Crippen LogP contribution is 2.28.